The predicted molar refractivity (Wildman–Crippen MR) is 114 cm³/mol. The molecular formula is C24H29N3O. The van der Waals surface area contributed by atoms with E-state index >= 15 is 0 Å². The van der Waals surface area contributed by atoms with Gasteiger partial charge in [0, 0.05) is 29.2 Å². The predicted octanol–water partition coefficient (Wildman–Crippen LogP) is 4.59. The number of fused-ring (bicyclic) bond motifs is 2. The lowest BCUT2D eigenvalue weighted by molar-refractivity contribution is -0.110. The molecule has 3 heterocycles. The van der Waals surface area contributed by atoms with Gasteiger partial charge in [-0.25, -0.2) is 0 Å². The lowest BCUT2D eigenvalue weighted by Gasteiger charge is -2.17. The molecule has 1 unspecified atom stereocenters. The van der Waals surface area contributed by atoms with E-state index in [1.165, 1.54) is 55.6 Å². The maximum Gasteiger partial charge on any atom is 0.256 e. The monoisotopic (exact) mass is 375 g/mol. The Morgan fingerprint density at radius 3 is 2.86 bits per heavy atom. The van der Waals surface area contributed by atoms with Gasteiger partial charge in [-0.15, -0.1) is 0 Å². The topological polar surface area (TPSA) is 48.1 Å². The number of hydrogen-bond donors (Lipinski definition) is 2. The normalized spacial score (nSPS) is 23.1. The van der Waals surface area contributed by atoms with Crippen LogP contribution in [0.3, 0.4) is 0 Å². The minimum atomic E-state index is 0.00677. The highest BCUT2D eigenvalue weighted by Crippen LogP contribution is 2.36. The molecule has 1 fully saturated rings. The van der Waals surface area contributed by atoms with Gasteiger partial charge in [-0.1, -0.05) is 13.0 Å². The maximum absolute atomic E-state index is 12.6. The average molecular weight is 376 g/mol. The van der Waals surface area contributed by atoms with Crippen LogP contribution >= 0.6 is 0 Å². The molecule has 146 valence electrons. The number of nitrogens with one attached hydrogen (secondary N) is 2. The molecule has 2 aliphatic heterocycles. The highest BCUT2D eigenvalue weighted by molar-refractivity contribution is 6.34. The molecule has 0 bridgehead atoms. The molecule has 2 N–H and O–H groups in total. The van der Waals surface area contributed by atoms with Gasteiger partial charge >= 0.3 is 0 Å². The van der Waals surface area contributed by atoms with Crippen LogP contribution in [0, 0.1) is 0 Å². The summed E-state index contributed by atoms with van der Waals surface area (Å²) in [6.45, 7) is 5.87. The third kappa shape index (κ3) is 3.30. The Bertz CT molecular complexity index is 933. The van der Waals surface area contributed by atoms with Crippen molar-refractivity contribution < 1.29 is 4.79 Å². The van der Waals surface area contributed by atoms with Crippen molar-refractivity contribution >= 4 is 23.2 Å². The van der Waals surface area contributed by atoms with Gasteiger partial charge in [0.1, 0.15) is 0 Å². The van der Waals surface area contributed by atoms with Crippen molar-refractivity contribution in [3.05, 3.63) is 52.3 Å². The quantitative estimate of drug-likeness (QED) is 0.768. The Labute approximate surface area is 167 Å². The van der Waals surface area contributed by atoms with Crippen LogP contribution in [0.25, 0.3) is 11.6 Å². The summed E-state index contributed by atoms with van der Waals surface area (Å²) in [5, 5.41) is 3.03. The number of nitrogens with zero attached hydrogens (tertiary/aromatic N) is 1. The summed E-state index contributed by atoms with van der Waals surface area (Å²) >= 11 is 0. The Hall–Kier alpha value is -2.33. The van der Waals surface area contributed by atoms with E-state index in [-0.39, 0.29) is 5.91 Å². The molecule has 1 aromatic carbocycles. The number of likely N-dealkylation sites (tertiary alicyclic amines) is 1. The Balaban J connectivity index is 1.41. The van der Waals surface area contributed by atoms with Gasteiger partial charge < -0.3 is 15.2 Å². The zero-order valence-electron chi connectivity index (χ0n) is 16.7. The van der Waals surface area contributed by atoms with Gasteiger partial charge in [0.25, 0.3) is 5.91 Å². The standard InChI is InChI=1S/C24H29N3O/c1-16-5-4-6-22-19(16)14-18(25-22)15-21-20-13-17(7-8-23(20)26-24(21)28)9-12-27-10-2-3-11-27/h7-8,13-16,25H,2-6,9-12H2,1H3,(H,26,28). The van der Waals surface area contributed by atoms with Crippen molar-refractivity contribution in [2.45, 2.75) is 51.4 Å². The average Bonchev–Trinajstić information content (AvgIpc) is 3.41. The SMILES string of the molecule is CC1CCCc2[nH]c(C=C3C(=O)Nc4ccc(CCN5CCCC5)cc43)cc21. The molecule has 1 amide bonds. The van der Waals surface area contributed by atoms with E-state index in [1.54, 1.807) is 0 Å². The molecule has 0 radical (unpaired) electrons. The molecule has 2 aromatic rings. The molecule has 28 heavy (non-hydrogen) atoms. The number of H-pyrrole nitrogens is 1. The van der Waals surface area contributed by atoms with E-state index in [9.17, 15) is 4.79 Å². The number of amides is 1. The van der Waals surface area contributed by atoms with E-state index in [0.29, 0.717) is 5.92 Å². The number of benzene rings is 1. The van der Waals surface area contributed by atoms with Crippen molar-refractivity contribution in [2.75, 3.05) is 25.0 Å². The van der Waals surface area contributed by atoms with E-state index < -0.39 is 0 Å². The first-order chi connectivity index (χ1) is 13.7. The van der Waals surface area contributed by atoms with Gasteiger partial charge in [-0.3, -0.25) is 4.79 Å². The molecule has 1 saturated heterocycles. The molecule has 3 aliphatic rings. The third-order valence-corrected chi connectivity index (χ3v) is 6.63. The van der Waals surface area contributed by atoms with Crippen LogP contribution in [0.4, 0.5) is 5.69 Å². The molecular weight excluding hydrogens is 346 g/mol. The fourth-order valence-corrected chi connectivity index (χ4v) is 4.98. The van der Waals surface area contributed by atoms with Crippen molar-refractivity contribution in [3.8, 4) is 0 Å². The molecule has 1 aromatic heterocycles. The molecule has 1 atom stereocenters. The number of aromatic amines is 1. The number of anilines is 1. The van der Waals surface area contributed by atoms with Crippen LogP contribution in [-0.2, 0) is 17.6 Å². The number of hydrogen-bond acceptors (Lipinski definition) is 2. The van der Waals surface area contributed by atoms with Crippen LogP contribution in [-0.4, -0.2) is 35.4 Å². The summed E-state index contributed by atoms with van der Waals surface area (Å²) in [6, 6.07) is 8.68. The molecule has 1 aliphatic carbocycles. The summed E-state index contributed by atoms with van der Waals surface area (Å²) in [5.41, 5.74) is 7.91. The van der Waals surface area contributed by atoms with Gasteiger partial charge in [-0.05, 0) is 92.9 Å². The first-order valence-corrected chi connectivity index (χ1v) is 10.8. The largest absolute Gasteiger partial charge is 0.359 e. The van der Waals surface area contributed by atoms with Crippen LogP contribution < -0.4 is 5.32 Å². The van der Waals surface area contributed by atoms with Gasteiger partial charge in [0.05, 0.1) is 5.57 Å². The van der Waals surface area contributed by atoms with Crippen molar-refractivity contribution in [1.29, 1.82) is 0 Å². The fraction of sp³-hybridized carbons (Fsp3) is 0.458. The van der Waals surface area contributed by atoms with Crippen LogP contribution in [0.2, 0.25) is 0 Å². The van der Waals surface area contributed by atoms with Gasteiger partial charge in [0.2, 0.25) is 0 Å². The van der Waals surface area contributed by atoms with E-state index in [0.717, 1.165) is 41.9 Å². The first kappa shape index (κ1) is 17.7. The van der Waals surface area contributed by atoms with Crippen molar-refractivity contribution in [1.82, 2.24) is 9.88 Å². The summed E-state index contributed by atoms with van der Waals surface area (Å²) in [6.07, 6.45) is 9.35. The zero-order chi connectivity index (χ0) is 19.1. The second kappa shape index (κ2) is 7.25. The second-order valence-electron chi connectivity index (χ2n) is 8.64. The van der Waals surface area contributed by atoms with Crippen LogP contribution in [0.15, 0.2) is 24.3 Å². The number of carbonyl (C=O) groups excluding carboxylic acids is 1. The summed E-state index contributed by atoms with van der Waals surface area (Å²) in [4.78, 5) is 18.7. The fourth-order valence-electron chi connectivity index (χ4n) is 4.98. The van der Waals surface area contributed by atoms with Gasteiger partial charge in [0.15, 0.2) is 0 Å². The van der Waals surface area contributed by atoms with Gasteiger partial charge in [-0.2, -0.15) is 0 Å². The van der Waals surface area contributed by atoms with E-state index in [1.807, 2.05) is 6.08 Å². The smallest absolute Gasteiger partial charge is 0.256 e. The Morgan fingerprint density at radius 1 is 1.18 bits per heavy atom. The molecule has 0 saturated carbocycles. The minimum Gasteiger partial charge on any atom is -0.359 e. The van der Waals surface area contributed by atoms with E-state index in [2.05, 4.69) is 46.4 Å². The molecule has 4 nitrogen and oxygen atoms in total. The maximum atomic E-state index is 12.6. The summed E-state index contributed by atoms with van der Waals surface area (Å²) in [7, 11) is 0. The number of rotatable bonds is 4. The number of aryl methyl sites for hydroxylation is 1. The van der Waals surface area contributed by atoms with E-state index in [4.69, 9.17) is 0 Å². The summed E-state index contributed by atoms with van der Waals surface area (Å²) in [5.74, 6) is 0.612. The van der Waals surface area contributed by atoms with Crippen molar-refractivity contribution in [2.24, 2.45) is 0 Å². The lowest BCUT2D eigenvalue weighted by Crippen LogP contribution is -2.21. The van der Waals surface area contributed by atoms with Crippen LogP contribution in [0.1, 0.15) is 66.6 Å². The lowest BCUT2D eigenvalue weighted by atomic mass is 9.88. The Kier molecular flexibility index (Phi) is 4.59. The number of aromatic nitrogens is 1. The highest BCUT2D eigenvalue weighted by Gasteiger charge is 2.25. The molecule has 4 heteroatoms. The summed E-state index contributed by atoms with van der Waals surface area (Å²) < 4.78 is 0. The Morgan fingerprint density at radius 2 is 2.04 bits per heavy atom. The van der Waals surface area contributed by atoms with Crippen molar-refractivity contribution in [3.63, 3.8) is 0 Å². The number of carbonyl (C=O) groups is 1. The highest BCUT2D eigenvalue weighted by atomic mass is 16.2. The third-order valence-electron chi connectivity index (χ3n) is 6.63. The minimum absolute atomic E-state index is 0.00677. The van der Waals surface area contributed by atoms with Crippen LogP contribution in [0.5, 0.6) is 0 Å². The zero-order valence-corrected chi connectivity index (χ0v) is 16.7. The first-order valence-electron chi connectivity index (χ1n) is 10.8. The second-order valence-corrected chi connectivity index (χ2v) is 8.64. The molecule has 5 rings (SSSR count). The molecule has 0 spiro atoms.